The number of ether oxygens (including phenoxy) is 2. The average molecular weight is 376 g/mol. The lowest BCUT2D eigenvalue weighted by molar-refractivity contribution is 0.0499. The Labute approximate surface area is 158 Å². The first kappa shape index (κ1) is 20.9. The molecule has 2 aromatic rings. The van der Waals surface area contributed by atoms with E-state index >= 15 is 0 Å². The Kier molecular flexibility index (Phi) is 7.61. The molecule has 0 bridgehead atoms. The van der Waals surface area contributed by atoms with E-state index in [0.717, 1.165) is 41.4 Å². The van der Waals surface area contributed by atoms with Gasteiger partial charge in [0.1, 0.15) is 11.6 Å². The van der Waals surface area contributed by atoms with Gasteiger partial charge in [0, 0.05) is 23.1 Å². The lowest BCUT2D eigenvalue weighted by Crippen LogP contribution is -2.25. The van der Waals surface area contributed by atoms with Crippen molar-refractivity contribution in [2.24, 2.45) is 0 Å². The van der Waals surface area contributed by atoms with Crippen molar-refractivity contribution < 1.29 is 13.9 Å². The summed E-state index contributed by atoms with van der Waals surface area (Å²) in [5, 5.41) is 0.657. The van der Waals surface area contributed by atoms with E-state index in [9.17, 15) is 4.39 Å². The van der Waals surface area contributed by atoms with Gasteiger partial charge in [0.25, 0.3) is 0 Å². The Bertz CT molecular complexity index is 732. The van der Waals surface area contributed by atoms with Crippen molar-refractivity contribution in [3.05, 3.63) is 58.9 Å². The molecule has 26 heavy (non-hydrogen) atoms. The predicted molar refractivity (Wildman–Crippen MR) is 110 cm³/mol. The van der Waals surface area contributed by atoms with Crippen LogP contribution in [0.5, 0.6) is 5.75 Å². The predicted octanol–water partition coefficient (Wildman–Crippen LogP) is 5.83. The van der Waals surface area contributed by atoms with Crippen LogP contribution >= 0.6 is 8.58 Å². The highest BCUT2D eigenvalue weighted by Crippen LogP contribution is 2.51. The molecule has 0 N–H and O–H groups in total. The minimum Gasteiger partial charge on any atom is -0.467 e. The van der Waals surface area contributed by atoms with Gasteiger partial charge in [-0.3, -0.25) is 0 Å². The molecule has 0 fully saturated rings. The Hall–Kier alpha value is -1.44. The summed E-state index contributed by atoms with van der Waals surface area (Å²) in [6.07, 6.45) is 2.95. The fourth-order valence-electron chi connectivity index (χ4n) is 3.39. The molecule has 2 aromatic carbocycles. The summed E-state index contributed by atoms with van der Waals surface area (Å²) in [5.41, 5.74) is 3.30. The summed E-state index contributed by atoms with van der Waals surface area (Å²) in [7, 11) is 1.97. The summed E-state index contributed by atoms with van der Waals surface area (Å²) in [4.78, 5) is 0. The lowest BCUT2D eigenvalue weighted by atomic mass is 9.89. The van der Waals surface area contributed by atoms with E-state index in [4.69, 9.17) is 9.47 Å². The molecule has 0 spiro atoms. The molecule has 2 atom stereocenters. The third-order valence-corrected chi connectivity index (χ3v) is 6.79. The van der Waals surface area contributed by atoms with Crippen LogP contribution < -0.4 is 10.0 Å². The van der Waals surface area contributed by atoms with Crippen molar-refractivity contribution >= 4 is 13.9 Å². The highest BCUT2D eigenvalue weighted by Gasteiger charge is 2.34. The monoisotopic (exact) mass is 376 g/mol. The van der Waals surface area contributed by atoms with Crippen LogP contribution in [0.2, 0.25) is 0 Å². The number of methoxy groups -OCH3 is 1. The molecule has 0 amide bonds. The fraction of sp³-hybridized carbons (Fsp3) is 0.455. The van der Waals surface area contributed by atoms with Crippen LogP contribution in [0.3, 0.4) is 0 Å². The molecule has 0 aliphatic rings. The second kappa shape index (κ2) is 9.48. The number of aryl methyl sites for hydroxylation is 2. The van der Waals surface area contributed by atoms with Gasteiger partial charge in [-0.2, -0.15) is 0 Å². The van der Waals surface area contributed by atoms with Gasteiger partial charge in [0.15, 0.2) is 6.79 Å². The molecule has 0 saturated carbocycles. The second-order valence-electron chi connectivity index (χ2n) is 6.84. The average Bonchev–Trinajstić information content (AvgIpc) is 2.62. The topological polar surface area (TPSA) is 18.5 Å². The third-order valence-electron chi connectivity index (χ3n) is 4.76. The minimum absolute atomic E-state index is 0.107. The first-order valence-electron chi connectivity index (χ1n) is 9.23. The van der Waals surface area contributed by atoms with Gasteiger partial charge in [-0.05, 0) is 44.4 Å². The molecule has 2 rings (SSSR count). The first-order valence-corrected chi connectivity index (χ1v) is 10.2. The Balaban J connectivity index is 2.53. The normalized spacial score (nSPS) is 13.9. The van der Waals surface area contributed by atoms with Gasteiger partial charge < -0.3 is 9.47 Å². The van der Waals surface area contributed by atoms with Crippen LogP contribution in [0.25, 0.3) is 0 Å². The van der Waals surface area contributed by atoms with Crippen LogP contribution in [0.15, 0.2) is 36.4 Å². The third kappa shape index (κ3) is 4.84. The largest absolute Gasteiger partial charge is 0.467 e. The van der Waals surface area contributed by atoms with Gasteiger partial charge in [-0.1, -0.05) is 58.7 Å². The molecule has 0 heterocycles. The standard InChI is InChI=1S/C22H30FO2P/c1-6-12-22(7-2,26-21-11-9-17(4)14-19(21)23)18-13-16(3)8-10-20(18)25-15-24-5/h8-11,13-14,26H,6-7,12,15H2,1-5H3. The maximum Gasteiger partial charge on any atom is 0.188 e. The number of rotatable bonds is 9. The van der Waals surface area contributed by atoms with Crippen molar-refractivity contribution in [2.75, 3.05) is 13.9 Å². The van der Waals surface area contributed by atoms with Gasteiger partial charge in [-0.25, -0.2) is 4.39 Å². The zero-order valence-electron chi connectivity index (χ0n) is 16.5. The molecular formula is C22H30FO2P. The Morgan fingerprint density at radius 3 is 2.35 bits per heavy atom. The Morgan fingerprint density at radius 2 is 1.73 bits per heavy atom. The summed E-state index contributed by atoms with van der Waals surface area (Å²) >= 11 is 0. The highest BCUT2D eigenvalue weighted by molar-refractivity contribution is 7.48. The zero-order valence-corrected chi connectivity index (χ0v) is 17.5. The smallest absolute Gasteiger partial charge is 0.188 e. The van der Waals surface area contributed by atoms with Crippen LogP contribution in [0.4, 0.5) is 4.39 Å². The van der Waals surface area contributed by atoms with Crippen molar-refractivity contribution in [1.29, 1.82) is 0 Å². The molecule has 0 aliphatic heterocycles. The van der Waals surface area contributed by atoms with E-state index in [1.807, 2.05) is 25.1 Å². The molecule has 0 saturated heterocycles. The van der Waals surface area contributed by atoms with E-state index in [1.165, 1.54) is 5.56 Å². The van der Waals surface area contributed by atoms with Gasteiger partial charge in [0.2, 0.25) is 0 Å². The van der Waals surface area contributed by atoms with Crippen molar-refractivity contribution in [2.45, 2.75) is 52.1 Å². The summed E-state index contributed by atoms with van der Waals surface area (Å²) < 4.78 is 25.6. The van der Waals surface area contributed by atoms with E-state index < -0.39 is 0 Å². The molecule has 4 heteroatoms. The number of benzene rings is 2. The molecule has 142 valence electrons. The molecule has 0 aromatic heterocycles. The van der Waals surface area contributed by atoms with Gasteiger partial charge in [-0.15, -0.1) is 0 Å². The second-order valence-corrected chi connectivity index (χ2v) is 8.59. The van der Waals surface area contributed by atoms with E-state index in [2.05, 4.69) is 32.9 Å². The molecule has 2 unspecified atom stereocenters. The maximum atomic E-state index is 14.6. The minimum atomic E-state index is -0.139. The van der Waals surface area contributed by atoms with E-state index in [1.54, 1.807) is 13.2 Å². The molecular weight excluding hydrogens is 346 g/mol. The number of hydrogen-bond acceptors (Lipinski definition) is 2. The highest BCUT2D eigenvalue weighted by atomic mass is 31.1. The van der Waals surface area contributed by atoms with E-state index in [-0.39, 0.29) is 17.8 Å². The van der Waals surface area contributed by atoms with Crippen LogP contribution in [-0.4, -0.2) is 13.9 Å². The Morgan fingerprint density at radius 1 is 1.04 bits per heavy atom. The molecule has 0 radical (unpaired) electrons. The van der Waals surface area contributed by atoms with Crippen molar-refractivity contribution in [3.63, 3.8) is 0 Å². The molecule has 0 aliphatic carbocycles. The molecule has 2 nitrogen and oxygen atoms in total. The van der Waals surface area contributed by atoms with Gasteiger partial charge in [0.05, 0.1) is 0 Å². The van der Waals surface area contributed by atoms with Gasteiger partial charge >= 0.3 is 0 Å². The summed E-state index contributed by atoms with van der Waals surface area (Å²) in [6.45, 7) is 8.60. The SMILES string of the molecule is CCCC(CC)(Pc1ccc(C)cc1F)c1cc(C)ccc1OCOC. The zero-order chi connectivity index (χ0) is 19.2. The summed E-state index contributed by atoms with van der Waals surface area (Å²) in [5.74, 6) is 0.733. The van der Waals surface area contributed by atoms with Crippen LogP contribution in [0.1, 0.15) is 49.8 Å². The van der Waals surface area contributed by atoms with Crippen LogP contribution in [0, 0.1) is 19.7 Å². The van der Waals surface area contributed by atoms with Crippen molar-refractivity contribution in [1.82, 2.24) is 0 Å². The maximum absolute atomic E-state index is 14.6. The number of hydrogen-bond donors (Lipinski definition) is 0. The fourth-order valence-corrected chi connectivity index (χ4v) is 5.15. The van der Waals surface area contributed by atoms with Crippen LogP contribution in [-0.2, 0) is 9.89 Å². The first-order chi connectivity index (χ1) is 12.5. The van der Waals surface area contributed by atoms with Crippen molar-refractivity contribution in [3.8, 4) is 5.75 Å². The number of halogens is 1. The quantitative estimate of drug-likeness (QED) is 0.405. The lowest BCUT2D eigenvalue weighted by Gasteiger charge is -2.35. The van der Waals surface area contributed by atoms with E-state index in [0.29, 0.717) is 8.58 Å². The summed E-state index contributed by atoms with van der Waals surface area (Å²) in [6, 6.07) is 11.8.